The first-order chi connectivity index (χ1) is 3.80. The molecule has 1 heterocycles. The van der Waals surface area contributed by atoms with Crippen LogP contribution in [-0.2, 0) is 0 Å². The van der Waals surface area contributed by atoms with Crippen molar-refractivity contribution in [3.63, 3.8) is 0 Å². The van der Waals surface area contributed by atoms with Crippen molar-refractivity contribution in [2.75, 3.05) is 0 Å². The van der Waals surface area contributed by atoms with E-state index in [9.17, 15) is 4.79 Å². The molecule has 0 aliphatic carbocycles. The Kier molecular flexibility index (Phi) is 2.49. The fourth-order valence-corrected chi connectivity index (χ4v) is 0.367. The summed E-state index contributed by atoms with van der Waals surface area (Å²) in [5.74, 6) is 0. The second kappa shape index (κ2) is 2.90. The predicted octanol–water partition coefficient (Wildman–Crippen LogP) is -1.36. The highest BCUT2D eigenvalue weighted by molar-refractivity contribution is 5.65. The Morgan fingerprint density at radius 3 is 2.56 bits per heavy atom. The fourth-order valence-electron chi connectivity index (χ4n) is 0.367. The lowest BCUT2D eigenvalue weighted by atomic mass is 10.9. The fraction of sp³-hybridized carbons (Fsp3) is 0. The third-order valence-electron chi connectivity index (χ3n) is 0.698. The van der Waals surface area contributed by atoms with Gasteiger partial charge < -0.3 is 16.0 Å². The molecule has 0 aromatic rings. The van der Waals surface area contributed by atoms with Gasteiger partial charge in [0.15, 0.2) is 0 Å². The first-order valence-corrected chi connectivity index (χ1v) is 2.01. The summed E-state index contributed by atoms with van der Waals surface area (Å²) in [6.45, 7) is 0. The molecular formula is C3H7N3O3. The lowest BCUT2D eigenvalue weighted by Gasteiger charge is -2.06. The average Bonchev–Trinajstić information content (AvgIpc) is 2.12. The first-order valence-electron chi connectivity index (χ1n) is 2.01. The minimum Gasteiger partial charge on any atom is -0.464 e. The molecule has 9 heavy (non-hydrogen) atoms. The molecule has 52 valence electrons. The van der Waals surface area contributed by atoms with Crippen molar-refractivity contribution in [2.24, 2.45) is 0 Å². The monoisotopic (exact) mass is 133 g/mol. The Bertz CT molecular complexity index is 134. The second-order valence-corrected chi connectivity index (χ2v) is 1.22. The van der Waals surface area contributed by atoms with Crippen LogP contribution < -0.4 is 11.0 Å². The molecule has 1 rings (SSSR count). The van der Waals surface area contributed by atoms with Gasteiger partial charge in [-0.05, 0) is 0 Å². The van der Waals surface area contributed by atoms with Gasteiger partial charge in [-0.1, -0.05) is 0 Å². The van der Waals surface area contributed by atoms with Gasteiger partial charge in [-0.15, -0.1) is 5.53 Å². The number of nitrogens with one attached hydrogen (secondary N) is 2. The largest absolute Gasteiger partial charge is 0.464 e. The summed E-state index contributed by atoms with van der Waals surface area (Å²) in [7, 11) is 0. The number of hydrazine groups is 2. The zero-order valence-corrected chi connectivity index (χ0v) is 4.46. The van der Waals surface area contributed by atoms with Crippen LogP contribution in [0.4, 0.5) is 4.79 Å². The molecule has 1 aliphatic rings. The van der Waals surface area contributed by atoms with E-state index in [1.165, 1.54) is 12.4 Å². The van der Waals surface area contributed by atoms with E-state index in [0.29, 0.717) is 0 Å². The van der Waals surface area contributed by atoms with Crippen LogP contribution in [0.25, 0.3) is 0 Å². The number of nitrogens with zero attached hydrogens (tertiary/aromatic N) is 1. The van der Waals surface area contributed by atoms with Crippen LogP contribution in [0.15, 0.2) is 12.4 Å². The van der Waals surface area contributed by atoms with Crippen molar-refractivity contribution < 1.29 is 15.4 Å². The third-order valence-corrected chi connectivity index (χ3v) is 0.698. The van der Waals surface area contributed by atoms with E-state index in [-0.39, 0.29) is 5.48 Å². The van der Waals surface area contributed by atoms with Gasteiger partial charge in [0.05, 0.1) is 0 Å². The number of carboxylic acid groups (broad SMARTS) is 1. The maximum absolute atomic E-state index is 9.97. The third kappa shape index (κ3) is 1.59. The van der Waals surface area contributed by atoms with E-state index < -0.39 is 6.09 Å². The Labute approximate surface area is 51.0 Å². The van der Waals surface area contributed by atoms with E-state index in [1.54, 1.807) is 0 Å². The van der Waals surface area contributed by atoms with Gasteiger partial charge >= 0.3 is 6.09 Å². The van der Waals surface area contributed by atoms with Crippen molar-refractivity contribution in [1.29, 1.82) is 0 Å². The second-order valence-electron chi connectivity index (χ2n) is 1.22. The van der Waals surface area contributed by atoms with E-state index >= 15 is 0 Å². The summed E-state index contributed by atoms with van der Waals surface area (Å²) in [4.78, 5) is 9.97. The maximum atomic E-state index is 9.97. The van der Waals surface area contributed by atoms with Crippen LogP contribution >= 0.6 is 0 Å². The molecule has 0 fully saturated rings. The molecule has 6 heteroatoms. The topological polar surface area (TPSA) is 96.1 Å². The Balaban J connectivity index is 0.000000640. The molecule has 0 atom stereocenters. The van der Waals surface area contributed by atoms with Gasteiger partial charge in [-0.3, -0.25) is 0 Å². The lowest BCUT2D eigenvalue weighted by molar-refractivity contribution is 0.145. The highest BCUT2D eigenvalue weighted by Crippen LogP contribution is 1.86. The lowest BCUT2D eigenvalue weighted by Crippen LogP contribution is -2.38. The molecule has 1 amide bonds. The van der Waals surface area contributed by atoms with Crippen LogP contribution in [0.1, 0.15) is 0 Å². The molecule has 0 spiro atoms. The quantitative estimate of drug-likeness (QED) is 0.380. The average molecular weight is 133 g/mol. The van der Waals surface area contributed by atoms with Crippen molar-refractivity contribution in [1.82, 2.24) is 16.0 Å². The minimum atomic E-state index is -1.04. The summed E-state index contributed by atoms with van der Waals surface area (Å²) in [5.41, 5.74) is 4.80. The predicted molar refractivity (Wildman–Crippen MR) is 28.9 cm³/mol. The van der Waals surface area contributed by atoms with Gasteiger partial charge in [0.2, 0.25) is 0 Å². The SMILES string of the molecule is O.O=C(O)N1C=CNN1. The molecule has 0 bridgehead atoms. The van der Waals surface area contributed by atoms with Gasteiger partial charge in [0.1, 0.15) is 0 Å². The van der Waals surface area contributed by atoms with Gasteiger partial charge in [0.25, 0.3) is 0 Å². The van der Waals surface area contributed by atoms with E-state index in [0.717, 1.165) is 5.01 Å². The molecular weight excluding hydrogens is 126 g/mol. The molecule has 0 aromatic heterocycles. The van der Waals surface area contributed by atoms with Gasteiger partial charge in [-0.25, -0.2) is 4.79 Å². The first kappa shape index (κ1) is 7.73. The molecule has 1 aliphatic heterocycles. The van der Waals surface area contributed by atoms with E-state index in [1.807, 2.05) is 0 Å². The summed E-state index contributed by atoms with van der Waals surface area (Å²) in [6, 6.07) is 0. The molecule has 0 saturated heterocycles. The van der Waals surface area contributed by atoms with Gasteiger partial charge in [-0.2, -0.15) is 5.01 Å². The summed E-state index contributed by atoms with van der Waals surface area (Å²) in [6.07, 6.45) is 1.81. The number of carbonyl (C=O) groups is 1. The summed E-state index contributed by atoms with van der Waals surface area (Å²) < 4.78 is 0. The highest BCUT2D eigenvalue weighted by atomic mass is 16.4. The number of hydrogen-bond donors (Lipinski definition) is 3. The van der Waals surface area contributed by atoms with Crippen LogP contribution in [0, 0.1) is 0 Å². The van der Waals surface area contributed by atoms with Crippen LogP contribution in [0.3, 0.4) is 0 Å². The zero-order valence-electron chi connectivity index (χ0n) is 4.46. The van der Waals surface area contributed by atoms with Crippen LogP contribution in [-0.4, -0.2) is 21.7 Å². The van der Waals surface area contributed by atoms with E-state index in [2.05, 4.69) is 11.0 Å². The standard InChI is InChI=1S/C3H5N3O2.H2O/c7-3(8)6-2-1-4-5-6;/h1-2,4-5H,(H,7,8);1H2. The molecule has 0 radical (unpaired) electrons. The summed E-state index contributed by atoms with van der Waals surface area (Å²) >= 11 is 0. The van der Waals surface area contributed by atoms with Crippen molar-refractivity contribution in [3.8, 4) is 0 Å². The maximum Gasteiger partial charge on any atom is 0.427 e. The Morgan fingerprint density at radius 1 is 1.67 bits per heavy atom. The molecule has 6 nitrogen and oxygen atoms in total. The minimum absolute atomic E-state index is 0. The van der Waals surface area contributed by atoms with Crippen molar-refractivity contribution in [2.45, 2.75) is 0 Å². The van der Waals surface area contributed by atoms with Gasteiger partial charge in [0, 0.05) is 12.4 Å². The van der Waals surface area contributed by atoms with Crippen LogP contribution in [0.5, 0.6) is 0 Å². The summed E-state index contributed by atoms with van der Waals surface area (Å²) in [5, 5.41) is 9.09. The molecule has 0 unspecified atom stereocenters. The Hall–Kier alpha value is -1.27. The smallest absolute Gasteiger partial charge is 0.427 e. The number of amides is 1. The number of rotatable bonds is 0. The normalized spacial score (nSPS) is 14.4. The van der Waals surface area contributed by atoms with Crippen molar-refractivity contribution in [3.05, 3.63) is 12.4 Å². The Morgan fingerprint density at radius 2 is 2.33 bits per heavy atom. The number of hydrogen-bond acceptors (Lipinski definition) is 3. The molecule has 0 aromatic carbocycles. The molecule has 0 saturated carbocycles. The molecule has 5 N–H and O–H groups in total. The van der Waals surface area contributed by atoms with Crippen LogP contribution in [0.2, 0.25) is 0 Å². The zero-order chi connectivity index (χ0) is 5.98. The highest BCUT2D eigenvalue weighted by Gasteiger charge is 2.08. The van der Waals surface area contributed by atoms with Crippen molar-refractivity contribution >= 4 is 6.09 Å². The van der Waals surface area contributed by atoms with E-state index in [4.69, 9.17) is 5.11 Å².